The smallest absolute Gasteiger partial charge is 0.194 e. The fraction of sp³-hybridized carbons (Fsp3) is 0.786. The summed E-state index contributed by atoms with van der Waals surface area (Å²) in [4.78, 5) is 2.51. The second-order valence-electron chi connectivity index (χ2n) is 11.8. The van der Waals surface area contributed by atoms with E-state index in [1.54, 1.807) is 0 Å². The molecule has 0 amide bonds. The van der Waals surface area contributed by atoms with Crippen LogP contribution in [0.15, 0.2) is 24.3 Å². The zero-order valence-corrected chi connectivity index (χ0v) is 20.3. The van der Waals surface area contributed by atoms with Crippen LogP contribution >= 0.6 is 0 Å². The molecule has 10 atom stereocenters. The minimum absolute atomic E-state index is 0.134. The fourth-order valence-corrected chi connectivity index (χ4v) is 10.0. The van der Waals surface area contributed by atoms with E-state index in [4.69, 9.17) is 0 Å². The lowest BCUT2D eigenvalue weighted by molar-refractivity contribution is -1.04. The summed E-state index contributed by atoms with van der Waals surface area (Å²) in [7, 11) is 2.26. The lowest BCUT2D eigenvalue weighted by atomic mass is 9.60. The van der Waals surface area contributed by atoms with Crippen molar-refractivity contribution in [2.24, 2.45) is 17.8 Å². The molecule has 176 valence electrons. The monoisotopic (exact) mass is 439 g/mol. The first-order valence-electron chi connectivity index (χ1n) is 13.6. The average molecular weight is 440 g/mol. The predicted octanol–water partition coefficient (Wildman–Crippen LogP) is 4.43. The number of hydrogen-bond donors (Lipinski definition) is 2. The number of anilines is 1. The van der Waals surface area contributed by atoms with Crippen LogP contribution in [0.4, 0.5) is 5.69 Å². The molecule has 4 heteroatoms. The second kappa shape index (κ2) is 7.45. The Kier molecular flexibility index (Phi) is 4.99. The summed E-state index contributed by atoms with van der Waals surface area (Å²) in [5.41, 5.74) is 2.58. The maximum atomic E-state index is 12.1. The van der Waals surface area contributed by atoms with Gasteiger partial charge in [0, 0.05) is 37.4 Å². The highest BCUT2D eigenvalue weighted by molar-refractivity contribution is 5.66. The summed E-state index contributed by atoms with van der Waals surface area (Å²) in [5, 5.41) is 24.1. The molecule has 1 spiro atoms. The van der Waals surface area contributed by atoms with Crippen molar-refractivity contribution in [3.05, 3.63) is 29.8 Å². The number of hydrogen-bond acceptors (Lipinski definition) is 3. The number of fused-ring (bicyclic) bond motifs is 2. The Morgan fingerprint density at radius 3 is 2.56 bits per heavy atom. The zero-order chi connectivity index (χ0) is 22.3. The van der Waals surface area contributed by atoms with Crippen molar-refractivity contribution in [1.82, 2.24) is 0 Å². The number of quaternary nitrogens is 1. The van der Waals surface area contributed by atoms with Crippen LogP contribution in [0.25, 0.3) is 0 Å². The Bertz CT molecular complexity index is 875. The molecular formula is C28H43N2O2+. The molecule has 5 heterocycles. The van der Waals surface area contributed by atoms with Gasteiger partial charge in [0.2, 0.25) is 0 Å². The van der Waals surface area contributed by atoms with Gasteiger partial charge in [0.05, 0.1) is 30.1 Å². The molecule has 5 aliphatic heterocycles. The number of para-hydroxylation sites is 1. The SMILES string of the molecule is CCCCCCCC[N@+]12[C@H](O)[C@@H](CC)[C@@H]3C[C@H]1[C@@H]1N(C)c4ccccc4[C@@]14C[C@H]2[C@H]3[C@@H]4O. The minimum Gasteiger partial charge on any atom is -0.392 e. The minimum atomic E-state index is -0.273. The van der Waals surface area contributed by atoms with Gasteiger partial charge in [-0.15, -0.1) is 0 Å². The van der Waals surface area contributed by atoms with Crippen molar-refractivity contribution in [3.8, 4) is 0 Å². The lowest BCUT2D eigenvalue weighted by Gasteiger charge is -2.68. The summed E-state index contributed by atoms with van der Waals surface area (Å²) >= 11 is 0. The summed E-state index contributed by atoms with van der Waals surface area (Å²) < 4.78 is 0.898. The van der Waals surface area contributed by atoms with Crippen molar-refractivity contribution in [1.29, 1.82) is 0 Å². The van der Waals surface area contributed by atoms with Gasteiger partial charge in [-0.2, -0.15) is 0 Å². The van der Waals surface area contributed by atoms with E-state index in [9.17, 15) is 10.2 Å². The van der Waals surface area contributed by atoms with E-state index in [1.807, 2.05) is 0 Å². The van der Waals surface area contributed by atoms with Gasteiger partial charge in [-0.3, -0.25) is 4.48 Å². The first-order chi connectivity index (χ1) is 15.5. The Morgan fingerprint density at radius 1 is 1.03 bits per heavy atom. The molecule has 1 aliphatic carbocycles. The highest BCUT2D eigenvalue weighted by atomic mass is 16.3. The highest BCUT2D eigenvalue weighted by Gasteiger charge is 2.82. The van der Waals surface area contributed by atoms with Crippen molar-refractivity contribution in [2.45, 2.75) is 108 Å². The molecule has 5 fully saturated rings. The molecule has 2 N–H and O–H groups in total. The maximum Gasteiger partial charge on any atom is 0.194 e. The Balaban J connectivity index is 1.41. The number of likely N-dealkylation sites (N-methyl/N-ethyl adjacent to an activating group) is 1. The molecule has 32 heavy (non-hydrogen) atoms. The van der Waals surface area contributed by atoms with Gasteiger partial charge in [-0.1, -0.05) is 57.7 Å². The molecule has 4 nitrogen and oxygen atoms in total. The van der Waals surface area contributed by atoms with Crippen molar-refractivity contribution >= 4 is 5.69 Å². The number of aliphatic hydroxyl groups excluding tert-OH is 2. The van der Waals surface area contributed by atoms with Gasteiger partial charge in [0.15, 0.2) is 6.23 Å². The number of rotatable bonds is 8. The van der Waals surface area contributed by atoms with Crippen LogP contribution in [0.1, 0.15) is 77.2 Å². The fourth-order valence-electron chi connectivity index (χ4n) is 10.0. The summed E-state index contributed by atoms with van der Waals surface area (Å²) in [5.74, 6) is 1.18. The third kappa shape index (κ3) is 2.35. The van der Waals surface area contributed by atoms with Crippen LogP contribution in [0.3, 0.4) is 0 Å². The van der Waals surface area contributed by atoms with Gasteiger partial charge >= 0.3 is 0 Å². The highest BCUT2D eigenvalue weighted by Crippen LogP contribution is 2.71. The molecule has 1 saturated carbocycles. The van der Waals surface area contributed by atoms with Gasteiger partial charge in [0.25, 0.3) is 0 Å². The Labute approximate surface area is 194 Å². The van der Waals surface area contributed by atoms with E-state index < -0.39 is 0 Å². The van der Waals surface area contributed by atoms with Crippen LogP contribution in [-0.4, -0.2) is 58.7 Å². The number of piperidine rings is 4. The van der Waals surface area contributed by atoms with Crippen LogP contribution < -0.4 is 4.90 Å². The van der Waals surface area contributed by atoms with Crippen molar-refractivity contribution < 1.29 is 14.7 Å². The van der Waals surface area contributed by atoms with Gasteiger partial charge in [0.1, 0.15) is 6.04 Å². The third-order valence-corrected chi connectivity index (χ3v) is 11.0. The summed E-state index contributed by atoms with van der Waals surface area (Å²) in [6.07, 6.45) is 10.6. The zero-order valence-electron chi connectivity index (χ0n) is 20.3. The first kappa shape index (κ1) is 21.4. The van der Waals surface area contributed by atoms with Crippen LogP contribution in [0, 0.1) is 17.8 Å². The first-order valence-corrected chi connectivity index (χ1v) is 13.6. The largest absolute Gasteiger partial charge is 0.392 e. The molecule has 0 radical (unpaired) electrons. The van der Waals surface area contributed by atoms with E-state index >= 15 is 0 Å². The molecule has 6 aliphatic rings. The maximum absolute atomic E-state index is 12.1. The summed E-state index contributed by atoms with van der Waals surface area (Å²) in [6.45, 7) is 5.64. The lowest BCUT2D eigenvalue weighted by Crippen LogP contribution is -2.83. The van der Waals surface area contributed by atoms with Crippen LogP contribution in [0.2, 0.25) is 0 Å². The van der Waals surface area contributed by atoms with Crippen LogP contribution in [-0.2, 0) is 5.41 Å². The number of benzene rings is 1. The van der Waals surface area contributed by atoms with E-state index in [1.165, 1.54) is 56.2 Å². The second-order valence-corrected chi connectivity index (χ2v) is 11.8. The predicted molar refractivity (Wildman–Crippen MR) is 128 cm³/mol. The number of nitrogens with zero attached hydrogens (tertiary/aromatic N) is 2. The molecule has 1 aromatic carbocycles. The molecule has 0 unspecified atom stereocenters. The molecule has 5 bridgehead atoms. The van der Waals surface area contributed by atoms with E-state index in [-0.39, 0.29) is 17.7 Å². The van der Waals surface area contributed by atoms with E-state index in [0.29, 0.717) is 35.9 Å². The molecule has 0 aromatic heterocycles. The average Bonchev–Trinajstić information content (AvgIpc) is 3.19. The number of unbranched alkanes of at least 4 members (excludes halogenated alkanes) is 5. The quantitative estimate of drug-likeness (QED) is 0.465. The molecule has 4 saturated heterocycles. The van der Waals surface area contributed by atoms with Crippen molar-refractivity contribution in [2.75, 3.05) is 18.5 Å². The standard InChI is InChI=1S/C28H43N2O2/c1-4-6-7-8-9-12-15-30-22-16-19(18(5-2)27(30)32)24-23(30)17-28(26(24)31)20-13-10-11-14-21(20)29(3)25(22)28/h10-11,13-14,18-19,22-27,31-32H,4-9,12,15-17H2,1-3H3/q+1/t18-,19-,22-,23-,24-,25-,26-,27+,28-,30-/m0/s1. The van der Waals surface area contributed by atoms with Crippen LogP contribution in [0.5, 0.6) is 0 Å². The number of aliphatic hydroxyl groups is 2. The Morgan fingerprint density at radius 2 is 1.78 bits per heavy atom. The van der Waals surface area contributed by atoms with Gasteiger partial charge < -0.3 is 15.1 Å². The summed E-state index contributed by atoms with van der Waals surface area (Å²) in [6, 6.07) is 10.1. The topological polar surface area (TPSA) is 43.7 Å². The van der Waals surface area contributed by atoms with Gasteiger partial charge in [-0.05, 0) is 36.8 Å². The Hall–Kier alpha value is -1.10. The van der Waals surface area contributed by atoms with Gasteiger partial charge in [-0.25, -0.2) is 0 Å². The molecular weight excluding hydrogens is 396 g/mol. The van der Waals surface area contributed by atoms with Crippen molar-refractivity contribution in [3.63, 3.8) is 0 Å². The van der Waals surface area contributed by atoms with E-state index in [2.05, 4.69) is 50.1 Å². The molecule has 7 rings (SSSR count). The third-order valence-electron chi connectivity index (χ3n) is 11.0. The van der Waals surface area contributed by atoms with E-state index in [0.717, 1.165) is 23.9 Å². The normalized spacial score (nSPS) is 47.2. The molecule has 1 aromatic rings.